The predicted octanol–water partition coefficient (Wildman–Crippen LogP) is 5.79. The third kappa shape index (κ3) is 3.80. The first-order chi connectivity index (χ1) is 12.2. The summed E-state index contributed by atoms with van der Waals surface area (Å²) in [5.41, 5.74) is 12.1. The third-order valence-electron chi connectivity index (χ3n) is 4.99. The smallest absolute Gasteiger partial charge is 0.0513 e. The van der Waals surface area contributed by atoms with Gasteiger partial charge in [-0.05, 0) is 71.3 Å². The van der Waals surface area contributed by atoms with Crippen molar-refractivity contribution < 1.29 is 0 Å². The lowest BCUT2D eigenvalue weighted by Crippen LogP contribution is -1.99. The van der Waals surface area contributed by atoms with E-state index in [1.807, 2.05) is 12.4 Å². The largest absolute Gasteiger partial charge is 0.354 e. The SMILES string of the molecule is CCC(C)c1cccc2c(CCCCN)c(-c3cncc(Br)c3)[nH]c12. The van der Waals surface area contributed by atoms with Gasteiger partial charge in [-0.1, -0.05) is 32.0 Å². The number of hydrogen-bond donors (Lipinski definition) is 2. The number of fused-ring (bicyclic) bond motifs is 1. The molecule has 0 radical (unpaired) electrons. The summed E-state index contributed by atoms with van der Waals surface area (Å²) in [5, 5.41) is 1.34. The van der Waals surface area contributed by atoms with Gasteiger partial charge in [-0.3, -0.25) is 4.98 Å². The van der Waals surface area contributed by atoms with E-state index < -0.39 is 0 Å². The zero-order valence-electron chi connectivity index (χ0n) is 15.0. The van der Waals surface area contributed by atoms with Crippen molar-refractivity contribution in [1.82, 2.24) is 9.97 Å². The molecule has 3 nitrogen and oxygen atoms in total. The summed E-state index contributed by atoms with van der Waals surface area (Å²) in [4.78, 5) is 8.08. The summed E-state index contributed by atoms with van der Waals surface area (Å²) >= 11 is 3.55. The Kier molecular flexibility index (Phi) is 5.92. The molecule has 3 N–H and O–H groups in total. The Hall–Kier alpha value is -1.65. The van der Waals surface area contributed by atoms with Crippen LogP contribution in [0.1, 0.15) is 50.2 Å². The number of hydrogen-bond acceptors (Lipinski definition) is 2. The molecule has 3 rings (SSSR count). The minimum atomic E-state index is 0.535. The van der Waals surface area contributed by atoms with Crippen LogP contribution in [0, 0.1) is 0 Å². The first-order valence-electron chi connectivity index (χ1n) is 9.10. The van der Waals surface area contributed by atoms with E-state index in [0.29, 0.717) is 5.92 Å². The van der Waals surface area contributed by atoms with Gasteiger partial charge in [-0.2, -0.15) is 0 Å². The summed E-state index contributed by atoms with van der Waals surface area (Å²) < 4.78 is 0.999. The van der Waals surface area contributed by atoms with E-state index in [4.69, 9.17) is 5.73 Å². The van der Waals surface area contributed by atoms with Crippen LogP contribution in [-0.4, -0.2) is 16.5 Å². The Morgan fingerprint density at radius 2 is 2.08 bits per heavy atom. The van der Waals surface area contributed by atoms with E-state index in [9.17, 15) is 0 Å². The molecule has 0 aliphatic heterocycles. The highest BCUT2D eigenvalue weighted by Gasteiger charge is 2.17. The Bertz CT molecular complexity index is 853. The van der Waals surface area contributed by atoms with Crippen molar-refractivity contribution in [3.05, 3.63) is 52.3 Å². The zero-order chi connectivity index (χ0) is 17.8. The molecule has 1 atom stereocenters. The number of nitrogens with zero attached hydrogens (tertiary/aromatic N) is 1. The number of aryl methyl sites for hydroxylation is 1. The Morgan fingerprint density at radius 1 is 1.24 bits per heavy atom. The van der Waals surface area contributed by atoms with Gasteiger partial charge in [0.15, 0.2) is 0 Å². The maximum absolute atomic E-state index is 5.71. The van der Waals surface area contributed by atoms with Gasteiger partial charge in [-0.15, -0.1) is 0 Å². The van der Waals surface area contributed by atoms with Crippen LogP contribution in [0.2, 0.25) is 0 Å². The van der Waals surface area contributed by atoms with E-state index in [-0.39, 0.29) is 0 Å². The van der Waals surface area contributed by atoms with Gasteiger partial charge in [0, 0.05) is 33.3 Å². The van der Waals surface area contributed by atoms with Crippen molar-refractivity contribution in [3.8, 4) is 11.3 Å². The normalized spacial score (nSPS) is 12.6. The summed E-state index contributed by atoms with van der Waals surface area (Å²) in [6, 6.07) is 8.81. The van der Waals surface area contributed by atoms with Crippen molar-refractivity contribution in [2.45, 2.75) is 45.4 Å². The van der Waals surface area contributed by atoms with Gasteiger partial charge < -0.3 is 10.7 Å². The van der Waals surface area contributed by atoms with Crippen LogP contribution in [0.5, 0.6) is 0 Å². The fourth-order valence-electron chi connectivity index (χ4n) is 3.43. The van der Waals surface area contributed by atoms with Crippen LogP contribution in [0.4, 0.5) is 0 Å². The fraction of sp³-hybridized carbons (Fsp3) is 0.381. The van der Waals surface area contributed by atoms with Crippen LogP contribution in [0.15, 0.2) is 41.1 Å². The van der Waals surface area contributed by atoms with Gasteiger partial charge in [0.05, 0.1) is 5.69 Å². The fourth-order valence-corrected chi connectivity index (χ4v) is 3.79. The number of benzene rings is 1. The number of nitrogens with two attached hydrogens (primary N) is 1. The molecule has 0 aliphatic carbocycles. The molecule has 4 heteroatoms. The minimum Gasteiger partial charge on any atom is -0.354 e. The molecule has 2 aromatic heterocycles. The maximum Gasteiger partial charge on any atom is 0.0513 e. The number of para-hydroxylation sites is 1. The lowest BCUT2D eigenvalue weighted by molar-refractivity contribution is 0.738. The number of pyridine rings is 1. The highest BCUT2D eigenvalue weighted by Crippen LogP contribution is 2.36. The van der Waals surface area contributed by atoms with Crippen LogP contribution in [0.3, 0.4) is 0 Å². The molecule has 0 aliphatic rings. The standard InChI is InChI=1S/C21H26BrN3/c1-3-14(2)17-8-6-9-19-18(7-4-5-10-23)20(25-21(17)19)15-11-16(22)13-24-12-15/h6,8-9,11-14,25H,3-5,7,10,23H2,1-2H3. The Morgan fingerprint density at radius 3 is 2.80 bits per heavy atom. The molecule has 3 aromatic rings. The summed E-state index contributed by atoms with van der Waals surface area (Å²) in [6.07, 6.45) is 8.08. The summed E-state index contributed by atoms with van der Waals surface area (Å²) in [6.45, 7) is 5.28. The predicted molar refractivity (Wildman–Crippen MR) is 110 cm³/mol. The number of aromatic amines is 1. The topological polar surface area (TPSA) is 54.7 Å². The summed E-state index contributed by atoms with van der Waals surface area (Å²) in [5.74, 6) is 0.535. The second-order valence-electron chi connectivity index (χ2n) is 6.70. The molecule has 2 heterocycles. The number of nitrogens with one attached hydrogen (secondary N) is 1. The first kappa shape index (κ1) is 18.2. The van der Waals surface area contributed by atoms with Crippen LogP contribution in [0.25, 0.3) is 22.2 Å². The number of rotatable bonds is 7. The zero-order valence-corrected chi connectivity index (χ0v) is 16.6. The van der Waals surface area contributed by atoms with Crippen LogP contribution >= 0.6 is 15.9 Å². The van der Waals surface area contributed by atoms with Gasteiger partial charge in [-0.25, -0.2) is 0 Å². The Labute approximate surface area is 158 Å². The van der Waals surface area contributed by atoms with E-state index in [1.54, 1.807) is 0 Å². The molecule has 1 aromatic carbocycles. The average Bonchev–Trinajstić information content (AvgIpc) is 3.00. The lowest BCUT2D eigenvalue weighted by Gasteiger charge is -2.10. The van der Waals surface area contributed by atoms with Crippen molar-refractivity contribution in [2.75, 3.05) is 6.54 Å². The second kappa shape index (κ2) is 8.15. The highest BCUT2D eigenvalue weighted by atomic mass is 79.9. The molecule has 25 heavy (non-hydrogen) atoms. The average molecular weight is 400 g/mol. The first-order valence-corrected chi connectivity index (χ1v) is 9.89. The van der Waals surface area contributed by atoms with Crippen molar-refractivity contribution in [1.29, 1.82) is 0 Å². The van der Waals surface area contributed by atoms with Gasteiger partial charge >= 0.3 is 0 Å². The molecule has 0 fully saturated rings. The van der Waals surface area contributed by atoms with Crippen molar-refractivity contribution >= 4 is 26.8 Å². The number of unbranched alkanes of at least 4 members (excludes halogenated alkanes) is 1. The van der Waals surface area contributed by atoms with E-state index in [0.717, 1.165) is 42.3 Å². The molecule has 0 amide bonds. The number of halogens is 1. The third-order valence-corrected chi connectivity index (χ3v) is 5.42. The van der Waals surface area contributed by atoms with E-state index in [2.05, 4.69) is 64.0 Å². The van der Waals surface area contributed by atoms with E-state index >= 15 is 0 Å². The molecular weight excluding hydrogens is 374 g/mol. The Balaban J connectivity index is 2.18. The van der Waals surface area contributed by atoms with E-state index in [1.165, 1.54) is 27.7 Å². The van der Waals surface area contributed by atoms with Gasteiger partial charge in [0.1, 0.15) is 0 Å². The van der Waals surface area contributed by atoms with Crippen LogP contribution < -0.4 is 5.73 Å². The monoisotopic (exact) mass is 399 g/mol. The molecule has 0 saturated carbocycles. The summed E-state index contributed by atoms with van der Waals surface area (Å²) in [7, 11) is 0. The maximum atomic E-state index is 5.71. The second-order valence-corrected chi connectivity index (χ2v) is 7.61. The molecule has 132 valence electrons. The van der Waals surface area contributed by atoms with Gasteiger partial charge in [0.2, 0.25) is 0 Å². The molecule has 1 unspecified atom stereocenters. The molecule has 0 spiro atoms. The lowest BCUT2D eigenvalue weighted by atomic mass is 9.94. The minimum absolute atomic E-state index is 0.535. The molecular formula is C21H26BrN3. The quantitative estimate of drug-likeness (QED) is 0.494. The van der Waals surface area contributed by atoms with Crippen molar-refractivity contribution in [2.24, 2.45) is 5.73 Å². The molecule has 0 saturated heterocycles. The number of H-pyrrole nitrogens is 1. The molecule has 0 bridgehead atoms. The highest BCUT2D eigenvalue weighted by molar-refractivity contribution is 9.10. The van der Waals surface area contributed by atoms with Crippen LogP contribution in [-0.2, 0) is 6.42 Å². The van der Waals surface area contributed by atoms with Gasteiger partial charge in [0.25, 0.3) is 0 Å². The van der Waals surface area contributed by atoms with Crippen molar-refractivity contribution in [3.63, 3.8) is 0 Å². The number of aromatic nitrogens is 2.